The van der Waals surface area contributed by atoms with Crippen LogP contribution in [0.2, 0.25) is 0 Å². The van der Waals surface area contributed by atoms with Gasteiger partial charge in [0.1, 0.15) is 0 Å². The van der Waals surface area contributed by atoms with Gasteiger partial charge in [0.05, 0.1) is 0 Å². The van der Waals surface area contributed by atoms with E-state index < -0.39 is 0 Å². The average molecular weight is 324 g/mol. The maximum Gasteiger partial charge on any atom is 0.317 e. The Bertz CT molecular complexity index is 737. The summed E-state index contributed by atoms with van der Waals surface area (Å²) in [7, 11) is 0. The molecule has 4 rings (SSSR count). The van der Waals surface area contributed by atoms with Crippen LogP contribution in [0.25, 0.3) is 10.8 Å². The Labute approximate surface area is 142 Å². The fourth-order valence-electron chi connectivity index (χ4n) is 3.96. The van der Waals surface area contributed by atoms with Crippen molar-refractivity contribution < 1.29 is 9.53 Å². The monoisotopic (exact) mass is 324 g/mol. The van der Waals surface area contributed by atoms with Crippen LogP contribution in [0.5, 0.6) is 0 Å². The second-order valence-corrected chi connectivity index (χ2v) is 7.12. The van der Waals surface area contributed by atoms with Crippen molar-refractivity contribution in [3.05, 3.63) is 48.0 Å². The van der Waals surface area contributed by atoms with E-state index in [9.17, 15) is 4.79 Å². The van der Waals surface area contributed by atoms with Crippen molar-refractivity contribution in [2.75, 3.05) is 26.3 Å². The Hall–Kier alpha value is -2.07. The Balaban J connectivity index is 1.36. The fourth-order valence-corrected chi connectivity index (χ4v) is 3.96. The number of carbonyl (C=O) groups excluding carboxylic acids is 1. The van der Waals surface area contributed by atoms with E-state index >= 15 is 0 Å². The molecule has 2 aliphatic rings. The molecule has 0 unspecified atom stereocenters. The molecule has 2 fully saturated rings. The van der Waals surface area contributed by atoms with Crippen molar-refractivity contribution in [1.29, 1.82) is 0 Å². The molecule has 0 bridgehead atoms. The zero-order chi connectivity index (χ0) is 16.4. The van der Waals surface area contributed by atoms with Gasteiger partial charge in [0.15, 0.2) is 0 Å². The lowest BCUT2D eigenvalue weighted by Crippen LogP contribution is -2.40. The van der Waals surface area contributed by atoms with E-state index in [0.29, 0.717) is 12.0 Å². The van der Waals surface area contributed by atoms with Crippen LogP contribution in [0.4, 0.5) is 4.79 Å². The first-order valence-electron chi connectivity index (χ1n) is 8.82. The van der Waals surface area contributed by atoms with E-state index in [-0.39, 0.29) is 6.03 Å². The van der Waals surface area contributed by atoms with Gasteiger partial charge in [-0.2, -0.15) is 0 Å². The summed E-state index contributed by atoms with van der Waals surface area (Å²) in [6, 6.07) is 14.7. The minimum atomic E-state index is 0.0616. The molecular formula is C20H24N2O2. The van der Waals surface area contributed by atoms with Crippen LogP contribution in [-0.2, 0) is 11.3 Å². The second kappa shape index (κ2) is 6.44. The Morgan fingerprint density at radius 1 is 1.08 bits per heavy atom. The number of hydrogen-bond donors (Lipinski definition) is 1. The number of carbonyl (C=O) groups is 1. The Kier molecular flexibility index (Phi) is 4.15. The molecule has 2 saturated heterocycles. The van der Waals surface area contributed by atoms with Crippen molar-refractivity contribution in [2.24, 2.45) is 5.41 Å². The molecule has 4 heteroatoms. The summed E-state index contributed by atoms with van der Waals surface area (Å²) in [6.45, 7) is 4.00. The van der Waals surface area contributed by atoms with Gasteiger partial charge in [-0.15, -0.1) is 0 Å². The third-order valence-electron chi connectivity index (χ3n) is 5.54. The predicted molar refractivity (Wildman–Crippen MR) is 94.9 cm³/mol. The van der Waals surface area contributed by atoms with Crippen molar-refractivity contribution >= 4 is 16.8 Å². The summed E-state index contributed by atoms with van der Waals surface area (Å²) in [4.78, 5) is 14.5. The highest BCUT2D eigenvalue weighted by Crippen LogP contribution is 2.39. The lowest BCUT2D eigenvalue weighted by Gasteiger charge is -2.33. The minimum absolute atomic E-state index is 0.0616. The standard InChI is InChI=1S/C20H24N2O2/c23-19(22-10-7-20(15-22)8-11-24-12-9-20)21-14-16-5-6-17-3-1-2-4-18(17)13-16/h1-6,13H,7-12,14-15H2,(H,21,23). The summed E-state index contributed by atoms with van der Waals surface area (Å²) in [5.41, 5.74) is 1.44. The van der Waals surface area contributed by atoms with Crippen LogP contribution in [0.1, 0.15) is 24.8 Å². The number of fused-ring (bicyclic) bond motifs is 1. The largest absolute Gasteiger partial charge is 0.381 e. The molecule has 2 aliphatic heterocycles. The summed E-state index contributed by atoms with van der Waals surface area (Å²) < 4.78 is 5.47. The molecule has 2 amide bonds. The summed E-state index contributed by atoms with van der Waals surface area (Å²) in [5.74, 6) is 0. The van der Waals surface area contributed by atoms with Gasteiger partial charge in [-0.05, 0) is 47.1 Å². The molecule has 0 saturated carbocycles. The van der Waals surface area contributed by atoms with Crippen molar-refractivity contribution in [1.82, 2.24) is 10.2 Å². The van der Waals surface area contributed by atoms with Gasteiger partial charge in [0.25, 0.3) is 0 Å². The molecular weight excluding hydrogens is 300 g/mol. The molecule has 4 nitrogen and oxygen atoms in total. The van der Waals surface area contributed by atoms with E-state index in [2.05, 4.69) is 35.6 Å². The van der Waals surface area contributed by atoms with Crippen LogP contribution in [0.3, 0.4) is 0 Å². The molecule has 0 atom stereocenters. The maximum absolute atomic E-state index is 12.5. The molecule has 126 valence electrons. The van der Waals surface area contributed by atoms with Gasteiger partial charge < -0.3 is 15.0 Å². The molecule has 0 aromatic heterocycles. The molecule has 1 spiro atoms. The zero-order valence-corrected chi connectivity index (χ0v) is 14.0. The summed E-state index contributed by atoms with van der Waals surface area (Å²) in [6.07, 6.45) is 3.28. The van der Waals surface area contributed by atoms with Gasteiger partial charge in [-0.3, -0.25) is 0 Å². The average Bonchev–Trinajstić information content (AvgIpc) is 3.03. The van der Waals surface area contributed by atoms with Gasteiger partial charge in [-0.25, -0.2) is 4.79 Å². The van der Waals surface area contributed by atoms with Gasteiger partial charge >= 0.3 is 6.03 Å². The molecule has 1 N–H and O–H groups in total. The van der Waals surface area contributed by atoms with Crippen LogP contribution < -0.4 is 5.32 Å². The van der Waals surface area contributed by atoms with Crippen molar-refractivity contribution in [3.8, 4) is 0 Å². The van der Waals surface area contributed by atoms with Crippen LogP contribution >= 0.6 is 0 Å². The third-order valence-corrected chi connectivity index (χ3v) is 5.54. The number of benzene rings is 2. The molecule has 0 aliphatic carbocycles. The van der Waals surface area contributed by atoms with Crippen molar-refractivity contribution in [3.63, 3.8) is 0 Å². The van der Waals surface area contributed by atoms with Gasteiger partial charge in [-0.1, -0.05) is 36.4 Å². The van der Waals surface area contributed by atoms with Gasteiger partial charge in [0, 0.05) is 32.8 Å². The van der Waals surface area contributed by atoms with E-state index in [0.717, 1.165) is 51.1 Å². The quantitative estimate of drug-likeness (QED) is 0.918. The Morgan fingerprint density at radius 2 is 1.88 bits per heavy atom. The molecule has 24 heavy (non-hydrogen) atoms. The van der Waals surface area contributed by atoms with Gasteiger partial charge in [0.2, 0.25) is 0 Å². The summed E-state index contributed by atoms with van der Waals surface area (Å²) >= 11 is 0. The van der Waals surface area contributed by atoms with E-state index in [4.69, 9.17) is 4.74 Å². The second-order valence-electron chi connectivity index (χ2n) is 7.12. The number of amides is 2. The van der Waals surface area contributed by atoms with Crippen LogP contribution in [0.15, 0.2) is 42.5 Å². The minimum Gasteiger partial charge on any atom is -0.381 e. The third kappa shape index (κ3) is 3.11. The number of urea groups is 1. The normalized spacial score (nSPS) is 19.8. The number of nitrogens with zero attached hydrogens (tertiary/aromatic N) is 1. The molecule has 2 aromatic carbocycles. The van der Waals surface area contributed by atoms with E-state index in [1.165, 1.54) is 10.8 Å². The van der Waals surface area contributed by atoms with Crippen LogP contribution in [0, 0.1) is 5.41 Å². The number of hydrogen-bond acceptors (Lipinski definition) is 2. The summed E-state index contributed by atoms with van der Waals surface area (Å²) in [5, 5.41) is 5.53. The molecule has 0 radical (unpaired) electrons. The topological polar surface area (TPSA) is 41.6 Å². The van der Waals surface area contributed by atoms with Crippen LogP contribution in [-0.4, -0.2) is 37.2 Å². The lowest BCUT2D eigenvalue weighted by molar-refractivity contribution is 0.0208. The first-order chi connectivity index (χ1) is 11.7. The number of nitrogens with one attached hydrogen (secondary N) is 1. The Morgan fingerprint density at radius 3 is 2.71 bits per heavy atom. The highest BCUT2D eigenvalue weighted by atomic mass is 16.5. The van der Waals surface area contributed by atoms with E-state index in [1.54, 1.807) is 0 Å². The highest BCUT2D eigenvalue weighted by Gasteiger charge is 2.40. The predicted octanol–water partition coefficient (Wildman–Crippen LogP) is 3.55. The maximum atomic E-state index is 12.5. The van der Waals surface area contributed by atoms with Crippen molar-refractivity contribution in [2.45, 2.75) is 25.8 Å². The number of rotatable bonds is 2. The SMILES string of the molecule is O=C(NCc1ccc2ccccc2c1)N1CCC2(CCOCC2)C1. The van der Waals surface area contributed by atoms with E-state index in [1.807, 2.05) is 17.0 Å². The number of likely N-dealkylation sites (tertiary alicyclic amines) is 1. The molecule has 2 aromatic rings. The smallest absolute Gasteiger partial charge is 0.317 e. The highest BCUT2D eigenvalue weighted by molar-refractivity contribution is 5.83. The first kappa shape index (κ1) is 15.5. The first-order valence-corrected chi connectivity index (χ1v) is 8.82. The zero-order valence-electron chi connectivity index (χ0n) is 14.0. The lowest BCUT2D eigenvalue weighted by atomic mass is 9.80. The fraction of sp³-hybridized carbons (Fsp3) is 0.450. The molecule has 2 heterocycles. The number of ether oxygens (including phenoxy) is 1.